The van der Waals surface area contributed by atoms with Crippen LogP contribution in [0.25, 0.3) is 0 Å². The van der Waals surface area contributed by atoms with Gasteiger partial charge in [-0.2, -0.15) is 0 Å². The van der Waals surface area contributed by atoms with Gasteiger partial charge < -0.3 is 9.15 Å². The number of oxazole rings is 1. The Kier molecular flexibility index (Phi) is 4.73. The highest BCUT2D eigenvalue weighted by Crippen LogP contribution is 2.20. The molecule has 0 amide bonds. The van der Waals surface area contributed by atoms with Crippen LogP contribution < -0.4 is 4.74 Å². The number of nitrogens with zero attached hydrogens (tertiary/aromatic N) is 3. The molecule has 3 heterocycles. The summed E-state index contributed by atoms with van der Waals surface area (Å²) in [5, 5.41) is 0. The smallest absolute Gasteiger partial charge is 0.196 e. The van der Waals surface area contributed by atoms with Crippen LogP contribution in [0.2, 0.25) is 0 Å². The minimum atomic E-state index is 0.294. The lowest BCUT2D eigenvalue weighted by molar-refractivity contribution is 0.0960. The molecular weight excluding hydrogens is 278 g/mol. The fraction of sp³-hybridized carbons (Fsp3) is 0.529. The number of likely N-dealkylation sites (tertiary alicyclic amines) is 1. The van der Waals surface area contributed by atoms with Crippen molar-refractivity contribution in [1.82, 2.24) is 14.9 Å². The third kappa shape index (κ3) is 3.85. The lowest BCUT2D eigenvalue weighted by Crippen LogP contribution is -2.37. The van der Waals surface area contributed by atoms with Crippen LogP contribution in [0.15, 0.2) is 35.2 Å². The fourth-order valence-electron chi connectivity index (χ4n) is 2.68. The van der Waals surface area contributed by atoms with Gasteiger partial charge in [0.05, 0.1) is 5.69 Å². The summed E-state index contributed by atoms with van der Waals surface area (Å²) in [5.41, 5.74) is 1.03. The first-order valence-corrected chi connectivity index (χ1v) is 7.94. The maximum atomic E-state index is 5.99. The van der Waals surface area contributed by atoms with Crippen molar-refractivity contribution in [3.63, 3.8) is 0 Å². The van der Waals surface area contributed by atoms with E-state index in [1.807, 2.05) is 12.1 Å². The molecule has 0 spiro atoms. The summed E-state index contributed by atoms with van der Waals surface area (Å²) in [5.74, 6) is 2.07. The van der Waals surface area contributed by atoms with Crippen molar-refractivity contribution in [2.75, 3.05) is 13.1 Å². The molecule has 0 radical (unpaired) electrons. The minimum absolute atomic E-state index is 0.294. The molecule has 1 saturated heterocycles. The molecule has 22 heavy (non-hydrogen) atoms. The first-order valence-electron chi connectivity index (χ1n) is 7.94. The number of rotatable bonds is 5. The van der Waals surface area contributed by atoms with Crippen molar-refractivity contribution in [2.45, 2.75) is 45.3 Å². The molecule has 0 atom stereocenters. The van der Waals surface area contributed by atoms with Crippen molar-refractivity contribution in [1.29, 1.82) is 0 Å². The molecule has 5 nitrogen and oxygen atoms in total. The zero-order chi connectivity index (χ0) is 15.4. The molecule has 0 N–H and O–H groups in total. The lowest BCUT2D eigenvalue weighted by Gasteiger charge is -2.31. The topological polar surface area (TPSA) is 51.4 Å². The van der Waals surface area contributed by atoms with Crippen molar-refractivity contribution in [3.8, 4) is 5.75 Å². The van der Waals surface area contributed by atoms with Crippen molar-refractivity contribution >= 4 is 0 Å². The minimum Gasteiger partial charge on any atom is -0.490 e. The van der Waals surface area contributed by atoms with Gasteiger partial charge in [-0.3, -0.25) is 9.88 Å². The van der Waals surface area contributed by atoms with Gasteiger partial charge in [-0.05, 0) is 25.0 Å². The first kappa shape index (κ1) is 15.0. The number of hydrogen-bond acceptors (Lipinski definition) is 5. The second kappa shape index (κ2) is 6.92. The molecular formula is C17H23N3O2. The van der Waals surface area contributed by atoms with E-state index in [-0.39, 0.29) is 0 Å². The highest BCUT2D eigenvalue weighted by atomic mass is 16.5. The molecule has 1 aliphatic heterocycles. The third-order valence-electron chi connectivity index (χ3n) is 3.94. The summed E-state index contributed by atoms with van der Waals surface area (Å²) >= 11 is 0. The Labute approximate surface area is 131 Å². The average molecular weight is 301 g/mol. The van der Waals surface area contributed by atoms with Crippen LogP contribution in [-0.4, -0.2) is 34.1 Å². The summed E-state index contributed by atoms with van der Waals surface area (Å²) < 4.78 is 11.5. The standard InChI is InChI=1S/C17H23N3O2/c1-13(2)17-19-14(12-21-17)11-20-9-5-16(6-10-20)22-15-3-7-18-8-4-15/h3-4,7-8,12-13,16H,5-6,9-11H2,1-2H3. The monoisotopic (exact) mass is 301 g/mol. The highest BCUT2D eigenvalue weighted by Gasteiger charge is 2.21. The van der Waals surface area contributed by atoms with Gasteiger partial charge in [0, 0.05) is 37.9 Å². The van der Waals surface area contributed by atoms with Crippen LogP contribution in [0, 0.1) is 0 Å². The van der Waals surface area contributed by atoms with Crippen LogP contribution in [-0.2, 0) is 6.54 Å². The summed E-state index contributed by atoms with van der Waals surface area (Å²) in [7, 11) is 0. The Hall–Kier alpha value is -1.88. The van der Waals surface area contributed by atoms with E-state index in [2.05, 4.69) is 28.7 Å². The molecule has 0 unspecified atom stereocenters. The van der Waals surface area contributed by atoms with E-state index in [0.29, 0.717) is 12.0 Å². The van der Waals surface area contributed by atoms with E-state index < -0.39 is 0 Å². The van der Waals surface area contributed by atoms with Gasteiger partial charge in [0.25, 0.3) is 0 Å². The van der Waals surface area contributed by atoms with E-state index in [9.17, 15) is 0 Å². The molecule has 0 saturated carbocycles. The Bertz CT molecular complexity index is 575. The Morgan fingerprint density at radius 1 is 1.27 bits per heavy atom. The van der Waals surface area contributed by atoms with Gasteiger partial charge in [0.2, 0.25) is 0 Å². The second-order valence-corrected chi connectivity index (χ2v) is 6.11. The normalized spacial score (nSPS) is 17.0. The maximum absolute atomic E-state index is 5.99. The van der Waals surface area contributed by atoms with E-state index in [0.717, 1.165) is 49.8 Å². The molecule has 118 valence electrons. The van der Waals surface area contributed by atoms with Crippen LogP contribution >= 0.6 is 0 Å². The third-order valence-corrected chi connectivity index (χ3v) is 3.94. The lowest BCUT2D eigenvalue weighted by atomic mass is 10.1. The molecule has 1 aliphatic rings. The highest BCUT2D eigenvalue weighted by molar-refractivity contribution is 5.17. The van der Waals surface area contributed by atoms with E-state index in [4.69, 9.17) is 9.15 Å². The molecule has 0 bridgehead atoms. The van der Waals surface area contributed by atoms with Crippen molar-refractivity contribution in [2.24, 2.45) is 0 Å². The summed E-state index contributed by atoms with van der Waals surface area (Å²) in [6.07, 6.45) is 7.69. The molecule has 2 aromatic heterocycles. The number of hydrogen-bond donors (Lipinski definition) is 0. The summed E-state index contributed by atoms with van der Waals surface area (Å²) in [4.78, 5) is 11.0. The van der Waals surface area contributed by atoms with E-state index in [1.165, 1.54) is 0 Å². The Morgan fingerprint density at radius 2 is 2.00 bits per heavy atom. The van der Waals surface area contributed by atoms with Crippen molar-refractivity contribution < 1.29 is 9.15 Å². The SMILES string of the molecule is CC(C)c1nc(CN2CCC(Oc3ccncc3)CC2)co1. The van der Waals surface area contributed by atoms with Gasteiger partial charge in [0.1, 0.15) is 18.1 Å². The van der Waals surface area contributed by atoms with Crippen LogP contribution in [0.3, 0.4) is 0 Å². The fourth-order valence-corrected chi connectivity index (χ4v) is 2.68. The molecule has 1 fully saturated rings. The van der Waals surface area contributed by atoms with Gasteiger partial charge in [-0.25, -0.2) is 4.98 Å². The quantitative estimate of drug-likeness (QED) is 0.848. The maximum Gasteiger partial charge on any atom is 0.196 e. The second-order valence-electron chi connectivity index (χ2n) is 6.11. The van der Waals surface area contributed by atoms with E-state index >= 15 is 0 Å². The summed E-state index contributed by atoms with van der Waals surface area (Å²) in [6, 6.07) is 3.82. The van der Waals surface area contributed by atoms with Gasteiger partial charge >= 0.3 is 0 Å². The zero-order valence-corrected chi connectivity index (χ0v) is 13.2. The number of ether oxygens (including phenoxy) is 1. The predicted octanol–water partition coefficient (Wildman–Crippen LogP) is 3.24. The number of piperidine rings is 1. The molecule has 5 heteroatoms. The largest absolute Gasteiger partial charge is 0.490 e. The van der Waals surface area contributed by atoms with E-state index in [1.54, 1.807) is 18.7 Å². The van der Waals surface area contributed by atoms with Gasteiger partial charge in [-0.15, -0.1) is 0 Å². The predicted molar refractivity (Wildman–Crippen MR) is 83.8 cm³/mol. The Balaban J connectivity index is 1.47. The average Bonchev–Trinajstić information content (AvgIpc) is 2.99. The number of pyridine rings is 1. The van der Waals surface area contributed by atoms with Crippen LogP contribution in [0.5, 0.6) is 5.75 Å². The first-order chi connectivity index (χ1) is 10.7. The van der Waals surface area contributed by atoms with Crippen LogP contribution in [0.4, 0.5) is 0 Å². The molecule has 2 aromatic rings. The van der Waals surface area contributed by atoms with Crippen LogP contribution in [0.1, 0.15) is 44.2 Å². The molecule has 3 rings (SSSR count). The number of aromatic nitrogens is 2. The zero-order valence-electron chi connectivity index (χ0n) is 13.2. The van der Waals surface area contributed by atoms with Gasteiger partial charge in [-0.1, -0.05) is 13.8 Å². The summed E-state index contributed by atoms with van der Waals surface area (Å²) in [6.45, 7) is 7.10. The molecule has 0 aliphatic carbocycles. The molecule has 0 aromatic carbocycles. The van der Waals surface area contributed by atoms with Gasteiger partial charge in [0.15, 0.2) is 5.89 Å². The van der Waals surface area contributed by atoms with Crippen molar-refractivity contribution in [3.05, 3.63) is 42.4 Å². The Morgan fingerprint density at radius 3 is 2.64 bits per heavy atom.